The van der Waals surface area contributed by atoms with E-state index in [1.165, 1.54) is 31.0 Å². The van der Waals surface area contributed by atoms with Gasteiger partial charge in [0.1, 0.15) is 4.75 Å². The minimum absolute atomic E-state index is 0.0481. The van der Waals surface area contributed by atoms with Crippen molar-refractivity contribution in [2.75, 3.05) is 5.75 Å². The average molecular weight is 273 g/mol. The third kappa shape index (κ3) is 4.52. The summed E-state index contributed by atoms with van der Waals surface area (Å²) in [4.78, 5) is 22.7. The highest BCUT2D eigenvalue weighted by atomic mass is 32.2. The molecule has 1 saturated carbocycles. The molecule has 18 heavy (non-hydrogen) atoms. The molecule has 1 amide bonds. The van der Waals surface area contributed by atoms with Gasteiger partial charge in [-0.15, -0.1) is 11.8 Å². The Balaban J connectivity index is 2.35. The van der Waals surface area contributed by atoms with Crippen LogP contribution in [0.4, 0.5) is 0 Å². The van der Waals surface area contributed by atoms with Gasteiger partial charge >= 0.3 is 5.97 Å². The van der Waals surface area contributed by atoms with E-state index >= 15 is 0 Å². The summed E-state index contributed by atoms with van der Waals surface area (Å²) in [6.45, 7) is 5.41. The van der Waals surface area contributed by atoms with Crippen LogP contribution in [0.2, 0.25) is 0 Å². The number of carboxylic acids is 1. The van der Waals surface area contributed by atoms with Crippen LogP contribution in [0.3, 0.4) is 0 Å². The number of amides is 1. The Kier molecular flexibility index (Phi) is 5.50. The summed E-state index contributed by atoms with van der Waals surface area (Å²) in [5, 5.41) is 12.0. The molecule has 0 spiro atoms. The van der Waals surface area contributed by atoms with E-state index in [1.807, 2.05) is 0 Å². The molecule has 1 rings (SSSR count). The van der Waals surface area contributed by atoms with Crippen molar-refractivity contribution in [2.45, 2.75) is 57.2 Å². The van der Waals surface area contributed by atoms with Crippen LogP contribution in [0.5, 0.6) is 0 Å². The lowest BCUT2D eigenvalue weighted by atomic mass is 9.86. The molecule has 0 radical (unpaired) electrons. The maximum atomic E-state index is 11.8. The number of hydrogen-bond acceptors (Lipinski definition) is 3. The smallest absolute Gasteiger partial charge is 0.319 e. The van der Waals surface area contributed by atoms with E-state index in [9.17, 15) is 9.59 Å². The second kappa shape index (κ2) is 6.45. The van der Waals surface area contributed by atoms with Gasteiger partial charge in [-0.1, -0.05) is 19.8 Å². The largest absolute Gasteiger partial charge is 0.480 e. The van der Waals surface area contributed by atoms with Crippen molar-refractivity contribution < 1.29 is 14.7 Å². The summed E-state index contributed by atoms with van der Waals surface area (Å²) < 4.78 is -0.907. The van der Waals surface area contributed by atoms with Gasteiger partial charge in [0.25, 0.3) is 0 Å². The highest BCUT2D eigenvalue weighted by Gasteiger charge is 2.29. The van der Waals surface area contributed by atoms with Gasteiger partial charge < -0.3 is 10.4 Å². The second-order valence-corrected chi connectivity index (χ2v) is 7.14. The summed E-state index contributed by atoms with van der Waals surface area (Å²) >= 11 is 1.17. The Labute approximate surface area is 113 Å². The van der Waals surface area contributed by atoms with Crippen molar-refractivity contribution in [1.82, 2.24) is 5.32 Å². The third-order valence-corrected chi connectivity index (χ3v) is 4.84. The van der Waals surface area contributed by atoms with Crippen LogP contribution >= 0.6 is 11.8 Å². The van der Waals surface area contributed by atoms with Crippen LogP contribution in [0.15, 0.2) is 0 Å². The van der Waals surface area contributed by atoms with E-state index in [1.54, 1.807) is 13.8 Å². The first-order valence-corrected chi connectivity index (χ1v) is 7.48. The van der Waals surface area contributed by atoms with Gasteiger partial charge in [-0.05, 0) is 32.6 Å². The first-order chi connectivity index (χ1) is 8.33. The molecule has 0 aromatic rings. The van der Waals surface area contributed by atoms with Crippen molar-refractivity contribution in [3.05, 3.63) is 0 Å². The first-order valence-electron chi connectivity index (χ1n) is 6.49. The molecule has 0 aromatic carbocycles. The maximum Gasteiger partial charge on any atom is 0.319 e. The number of aliphatic carboxylic acids is 1. The van der Waals surface area contributed by atoms with E-state index in [0.717, 1.165) is 6.42 Å². The van der Waals surface area contributed by atoms with E-state index < -0.39 is 10.7 Å². The average Bonchev–Trinajstić information content (AvgIpc) is 2.29. The SMILES string of the molecule is CC1CCCCC1NC(=O)CSC(C)(C)C(=O)O. The highest BCUT2D eigenvalue weighted by Crippen LogP contribution is 2.26. The van der Waals surface area contributed by atoms with Gasteiger partial charge in [0.05, 0.1) is 5.75 Å². The molecule has 0 saturated heterocycles. The summed E-state index contributed by atoms with van der Waals surface area (Å²) in [6.07, 6.45) is 4.62. The molecule has 2 unspecified atom stereocenters. The van der Waals surface area contributed by atoms with E-state index in [-0.39, 0.29) is 17.7 Å². The van der Waals surface area contributed by atoms with Crippen molar-refractivity contribution >= 4 is 23.6 Å². The minimum atomic E-state index is -0.907. The van der Waals surface area contributed by atoms with Gasteiger partial charge in [-0.25, -0.2) is 0 Å². The van der Waals surface area contributed by atoms with Gasteiger partial charge in [0.15, 0.2) is 0 Å². The van der Waals surface area contributed by atoms with Crippen LogP contribution < -0.4 is 5.32 Å². The third-order valence-electron chi connectivity index (χ3n) is 3.54. The van der Waals surface area contributed by atoms with Gasteiger partial charge in [0.2, 0.25) is 5.91 Å². The van der Waals surface area contributed by atoms with Crippen LogP contribution in [-0.4, -0.2) is 33.5 Å². The van der Waals surface area contributed by atoms with Crippen LogP contribution in [0.25, 0.3) is 0 Å². The molecular weight excluding hydrogens is 250 g/mol. The number of hydrogen-bond donors (Lipinski definition) is 2. The Morgan fingerprint density at radius 1 is 1.33 bits per heavy atom. The van der Waals surface area contributed by atoms with Crippen molar-refractivity contribution in [1.29, 1.82) is 0 Å². The summed E-state index contributed by atoms with van der Waals surface area (Å²) in [7, 11) is 0. The number of nitrogens with one attached hydrogen (secondary N) is 1. The molecule has 1 fully saturated rings. The summed E-state index contributed by atoms with van der Waals surface area (Å²) in [5.41, 5.74) is 0. The number of carbonyl (C=O) groups is 2. The molecule has 2 atom stereocenters. The second-order valence-electron chi connectivity index (χ2n) is 5.54. The van der Waals surface area contributed by atoms with Crippen LogP contribution in [-0.2, 0) is 9.59 Å². The zero-order valence-corrected chi connectivity index (χ0v) is 12.2. The number of carboxylic acid groups (broad SMARTS) is 1. The van der Waals surface area contributed by atoms with E-state index in [0.29, 0.717) is 5.92 Å². The predicted octanol–water partition coefficient (Wildman–Crippen LogP) is 2.28. The molecule has 5 heteroatoms. The fourth-order valence-electron chi connectivity index (χ4n) is 2.09. The molecule has 0 aliphatic heterocycles. The summed E-state index contributed by atoms with van der Waals surface area (Å²) in [5.74, 6) is -0.192. The number of rotatable bonds is 5. The Morgan fingerprint density at radius 2 is 1.94 bits per heavy atom. The molecular formula is C13H23NO3S. The molecule has 0 heterocycles. The van der Waals surface area contributed by atoms with Gasteiger partial charge in [0, 0.05) is 6.04 Å². The minimum Gasteiger partial charge on any atom is -0.480 e. The Morgan fingerprint density at radius 3 is 2.50 bits per heavy atom. The fourth-order valence-corrected chi connectivity index (χ4v) is 2.79. The number of thioether (sulfide) groups is 1. The Hall–Kier alpha value is -0.710. The number of carbonyl (C=O) groups excluding carboxylic acids is 1. The quantitative estimate of drug-likeness (QED) is 0.806. The lowest BCUT2D eigenvalue weighted by molar-refractivity contribution is -0.138. The van der Waals surface area contributed by atoms with E-state index in [2.05, 4.69) is 12.2 Å². The zero-order chi connectivity index (χ0) is 13.8. The molecule has 2 N–H and O–H groups in total. The normalized spacial score (nSPS) is 24.6. The van der Waals surface area contributed by atoms with Crippen molar-refractivity contribution in [3.63, 3.8) is 0 Å². The van der Waals surface area contributed by atoms with E-state index in [4.69, 9.17) is 5.11 Å². The van der Waals surface area contributed by atoms with Gasteiger partial charge in [-0.3, -0.25) is 9.59 Å². The maximum absolute atomic E-state index is 11.8. The topological polar surface area (TPSA) is 66.4 Å². The molecule has 0 bridgehead atoms. The fraction of sp³-hybridized carbons (Fsp3) is 0.846. The van der Waals surface area contributed by atoms with Crippen LogP contribution in [0.1, 0.15) is 46.5 Å². The highest BCUT2D eigenvalue weighted by molar-refractivity contribution is 8.01. The lowest BCUT2D eigenvalue weighted by Gasteiger charge is -2.29. The zero-order valence-electron chi connectivity index (χ0n) is 11.4. The molecule has 1 aliphatic rings. The van der Waals surface area contributed by atoms with Gasteiger partial charge in [-0.2, -0.15) is 0 Å². The van der Waals surface area contributed by atoms with Crippen LogP contribution in [0, 0.1) is 5.92 Å². The van der Waals surface area contributed by atoms with Crippen molar-refractivity contribution in [2.24, 2.45) is 5.92 Å². The molecule has 1 aliphatic carbocycles. The first kappa shape index (κ1) is 15.3. The molecule has 0 aromatic heterocycles. The lowest BCUT2D eigenvalue weighted by Crippen LogP contribution is -2.42. The Bertz CT molecular complexity index is 317. The molecule has 104 valence electrons. The standard InChI is InChI=1S/C13H23NO3S/c1-9-6-4-5-7-10(9)14-11(15)8-18-13(2,3)12(16)17/h9-10H,4-8H2,1-3H3,(H,14,15)(H,16,17). The summed E-state index contributed by atoms with van der Waals surface area (Å²) in [6, 6.07) is 0.264. The predicted molar refractivity (Wildman–Crippen MR) is 73.7 cm³/mol. The molecule has 4 nitrogen and oxygen atoms in total. The monoisotopic (exact) mass is 273 g/mol. The van der Waals surface area contributed by atoms with Crippen molar-refractivity contribution in [3.8, 4) is 0 Å².